The minimum absolute atomic E-state index is 0.429. The van der Waals surface area contributed by atoms with Crippen LogP contribution < -0.4 is 5.32 Å². The van der Waals surface area contributed by atoms with E-state index >= 15 is 0 Å². The lowest BCUT2D eigenvalue weighted by atomic mass is 9.68. The molecule has 2 aliphatic carbocycles. The predicted octanol–water partition coefficient (Wildman–Crippen LogP) is 4.01. The molecule has 0 aliphatic heterocycles. The van der Waals surface area contributed by atoms with Gasteiger partial charge in [0.05, 0.1) is 5.51 Å². The molecule has 3 heteroatoms. The summed E-state index contributed by atoms with van der Waals surface area (Å²) in [6.45, 7) is 9.68. The van der Waals surface area contributed by atoms with Gasteiger partial charge in [0.2, 0.25) is 0 Å². The fourth-order valence-corrected chi connectivity index (χ4v) is 5.13. The number of nitrogens with zero attached hydrogens (tertiary/aromatic N) is 1. The van der Waals surface area contributed by atoms with E-state index in [1.807, 2.05) is 11.7 Å². The average molecular weight is 264 g/mol. The van der Waals surface area contributed by atoms with E-state index < -0.39 is 0 Å². The molecule has 0 amide bonds. The topological polar surface area (TPSA) is 24.9 Å². The molecule has 3 rings (SSSR count). The van der Waals surface area contributed by atoms with Crippen molar-refractivity contribution in [3.8, 4) is 0 Å². The van der Waals surface area contributed by atoms with E-state index in [2.05, 4.69) is 38.0 Å². The Morgan fingerprint density at radius 2 is 2.22 bits per heavy atom. The van der Waals surface area contributed by atoms with Gasteiger partial charge in [0, 0.05) is 23.2 Å². The van der Waals surface area contributed by atoms with Crippen LogP contribution in [0.15, 0.2) is 11.7 Å². The molecule has 4 atom stereocenters. The van der Waals surface area contributed by atoms with E-state index in [1.165, 1.54) is 24.1 Å². The van der Waals surface area contributed by atoms with Crippen LogP contribution in [-0.4, -0.2) is 11.0 Å². The molecule has 1 N–H and O–H groups in total. The van der Waals surface area contributed by atoms with Crippen LogP contribution in [0.25, 0.3) is 0 Å². The fourth-order valence-electron chi connectivity index (χ4n) is 4.49. The SMILES string of the molecule is CC(NC1C2(C)CCC(C2)C1(C)C)c1cncs1. The van der Waals surface area contributed by atoms with Crippen molar-refractivity contribution in [2.24, 2.45) is 16.7 Å². The highest BCUT2D eigenvalue weighted by Gasteiger charge is 2.59. The van der Waals surface area contributed by atoms with Gasteiger partial charge in [-0.05, 0) is 42.9 Å². The Balaban J connectivity index is 1.80. The molecule has 0 radical (unpaired) electrons. The first kappa shape index (κ1) is 12.6. The molecular weight excluding hydrogens is 240 g/mol. The molecule has 2 nitrogen and oxygen atoms in total. The molecule has 0 saturated heterocycles. The third-order valence-corrected chi connectivity index (χ3v) is 6.52. The Hall–Kier alpha value is -0.410. The van der Waals surface area contributed by atoms with E-state index in [0.29, 0.717) is 22.9 Å². The lowest BCUT2D eigenvalue weighted by molar-refractivity contribution is 0.101. The summed E-state index contributed by atoms with van der Waals surface area (Å²) in [7, 11) is 0. The fraction of sp³-hybridized carbons (Fsp3) is 0.800. The van der Waals surface area contributed by atoms with Crippen molar-refractivity contribution in [3.05, 3.63) is 16.6 Å². The highest BCUT2D eigenvalue weighted by atomic mass is 32.1. The summed E-state index contributed by atoms with van der Waals surface area (Å²) in [4.78, 5) is 5.56. The number of thiazole rings is 1. The number of rotatable bonds is 3. The smallest absolute Gasteiger partial charge is 0.0794 e. The standard InChI is InChI=1S/C15H24N2S/c1-10(12-8-16-9-18-12)17-13-14(2,3)11-5-6-15(13,4)7-11/h8-11,13,17H,5-7H2,1-4H3. The Kier molecular flexibility index (Phi) is 2.83. The second kappa shape index (κ2) is 4.04. The van der Waals surface area contributed by atoms with Gasteiger partial charge in [0.25, 0.3) is 0 Å². The van der Waals surface area contributed by atoms with Crippen LogP contribution >= 0.6 is 11.3 Å². The van der Waals surface area contributed by atoms with Gasteiger partial charge in [-0.25, -0.2) is 0 Å². The summed E-state index contributed by atoms with van der Waals surface area (Å²) in [6, 6.07) is 1.07. The lowest BCUT2D eigenvalue weighted by Crippen LogP contribution is -2.50. The predicted molar refractivity (Wildman–Crippen MR) is 76.7 cm³/mol. The Labute approximate surface area is 114 Å². The first-order valence-electron chi connectivity index (χ1n) is 7.08. The van der Waals surface area contributed by atoms with E-state index in [0.717, 1.165) is 5.92 Å². The van der Waals surface area contributed by atoms with Gasteiger partial charge in [0.15, 0.2) is 0 Å². The van der Waals surface area contributed by atoms with Gasteiger partial charge in [-0.15, -0.1) is 11.3 Å². The summed E-state index contributed by atoms with van der Waals surface area (Å²) in [6.07, 6.45) is 6.24. The Morgan fingerprint density at radius 3 is 2.78 bits per heavy atom. The minimum atomic E-state index is 0.429. The maximum absolute atomic E-state index is 4.20. The van der Waals surface area contributed by atoms with Crippen LogP contribution in [0.3, 0.4) is 0 Å². The van der Waals surface area contributed by atoms with Crippen molar-refractivity contribution in [1.82, 2.24) is 10.3 Å². The number of hydrogen-bond donors (Lipinski definition) is 1. The van der Waals surface area contributed by atoms with Gasteiger partial charge < -0.3 is 5.32 Å². The summed E-state index contributed by atoms with van der Waals surface area (Å²) in [5.41, 5.74) is 2.88. The molecule has 2 saturated carbocycles. The van der Waals surface area contributed by atoms with Crippen molar-refractivity contribution in [2.75, 3.05) is 0 Å². The average Bonchev–Trinajstić information content (AvgIpc) is 2.96. The molecule has 1 heterocycles. The van der Waals surface area contributed by atoms with E-state index in [4.69, 9.17) is 0 Å². The van der Waals surface area contributed by atoms with Crippen molar-refractivity contribution < 1.29 is 0 Å². The molecule has 2 aliphatic rings. The first-order chi connectivity index (χ1) is 8.43. The van der Waals surface area contributed by atoms with Gasteiger partial charge in [0.1, 0.15) is 0 Å². The summed E-state index contributed by atoms with van der Waals surface area (Å²) < 4.78 is 0. The van der Waals surface area contributed by atoms with Crippen molar-refractivity contribution >= 4 is 11.3 Å². The maximum Gasteiger partial charge on any atom is 0.0794 e. The van der Waals surface area contributed by atoms with E-state index in [1.54, 1.807) is 11.3 Å². The molecule has 0 spiro atoms. The number of fused-ring (bicyclic) bond motifs is 2. The normalized spacial score (nSPS) is 39.1. The first-order valence-corrected chi connectivity index (χ1v) is 7.96. The largest absolute Gasteiger partial charge is 0.306 e. The van der Waals surface area contributed by atoms with Crippen LogP contribution in [0.4, 0.5) is 0 Å². The highest BCUT2D eigenvalue weighted by Crippen LogP contribution is 2.62. The van der Waals surface area contributed by atoms with E-state index in [9.17, 15) is 0 Å². The summed E-state index contributed by atoms with van der Waals surface area (Å²) in [5.74, 6) is 0.911. The summed E-state index contributed by atoms with van der Waals surface area (Å²) in [5, 5.41) is 3.91. The molecule has 2 fully saturated rings. The Morgan fingerprint density at radius 1 is 1.44 bits per heavy atom. The van der Waals surface area contributed by atoms with Crippen LogP contribution in [0.1, 0.15) is 57.9 Å². The monoisotopic (exact) mass is 264 g/mol. The summed E-state index contributed by atoms with van der Waals surface area (Å²) >= 11 is 1.76. The second-order valence-electron chi connectivity index (χ2n) is 7.14. The third kappa shape index (κ3) is 1.75. The number of hydrogen-bond acceptors (Lipinski definition) is 3. The third-order valence-electron chi connectivity index (χ3n) is 5.56. The molecule has 1 aromatic heterocycles. The quantitative estimate of drug-likeness (QED) is 0.892. The van der Waals surface area contributed by atoms with Crippen molar-refractivity contribution in [2.45, 2.75) is 59.0 Å². The molecule has 1 aromatic rings. The van der Waals surface area contributed by atoms with Gasteiger partial charge in [-0.1, -0.05) is 20.8 Å². The molecule has 2 bridgehead atoms. The zero-order valence-corrected chi connectivity index (χ0v) is 12.7. The molecule has 0 aromatic carbocycles. The maximum atomic E-state index is 4.20. The van der Waals surface area contributed by atoms with Gasteiger partial charge in [-0.3, -0.25) is 4.98 Å². The highest BCUT2D eigenvalue weighted by molar-refractivity contribution is 7.09. The zero-order chi connectivity index (χ0) is 13.0. The van der Waals surface area contributed by atoms with Crippen LogP contribution in [0.5, 0.6) is 0 Å². The molecule has 100 valence electrons. The van der Waals surface area contributed by atoms with Gasteiger partial charge >= 0.3 is 0 Å². The number of nitrogens with one attached hydrogen (secondary N) is 1. The molecular formula is C15H24N2S. The minimum Gasteiger partial charge on any atom is -0.306 e. The number of aromatic nitrogens is 1. The molecule has 4 unspecified atom stereocenters. The van der Waals surface area contributed by atoms with Crippen LogP contribution in [-0.2, 0) is 0 Å². The zero-order valence-electron chi connectivity index (χ0n) is 11.9. The van der Waals surface area contributed by atoms with Crippen LogP contribution in [0, 0.1) is 16.7 Å². The van der Waals surface area contributed by atoms with Crippen LogP contribution in [0.2, 0.25) is 0 Å². The lowest BCUT2D eigenvalue weighted by Gasteiger charge is -2.44. The van der Waals surface area contributed by atoms with Crippen molar-refractivity contribution in [1.29, 1.82) is 0 Å². The van der Waals surface area contributed by atoms with E-state index in [-0.39, 0.29) is 0 Å². The second-order valence-corrected chi connectivity index (χ2v) is 8.06. The Bertz CT molecular complexity index is 421. The van der Waals surface area contributed by atoms with Gasteiger partial charge in [-0.2, -0.15) is 0 Å². The molecule has 18 heavy (non-hydrogen) atoms. The van der Waals surface area contributed by atoms with Crippen molar-refractivity contribution in [3.63, 3.8) is 0 Å².